The van der Waals surface area contributed by atoms with Gasteiger partial charge < -0.3 is 10.0 Å². The zero-order valence-electron chi connectivity index (χ0n) is 22.8. The standard InChI is InChI=1S/C33H27F3N3O.Pt/c1-19(2)20-15-16-37-30(18-20)39-27-8-6-5-7-24(27)32(3,4)25-11-9-21(17-28(25)39)26-13-10-22-23(33(34,35)36)12-14-29(40)31(22)38-26;/h5-16,18-19,40H,1-4H3;/q-1;. The Bertz CT molecular complexity index is 1780. The molecule has 0 unspecified atom stereocenters. The van der Waals surface area contributed by atoms with Crippen LogP contribution < -0.4 is 4.90 Å². The van der Waals surface area contributed by atoms with Crippen molar-refractivity contribution in [2.75, 3.05) is 4.90 Å². The Morgan fingerprint density at radius 3 is 2.41 bits per heavy atom. The van der Waals surface area contributed by atoms with Crippen LogP contribution in [0.25, 0.3) is 22.2 Å². The molecule has 0 atom stereocenters. The number of para-hydroxylation sites is 1. The zero-order chi connectivity index (χ0) is 28.4. The monoisotopic (exact) mass is 733 g/mol. The fourth-order valence-electron chi connectivity index (χ4n) is 5.53. The van der Waals surface area contributed by atoms with Crippen LogP contribution in [0.1, 0.15) is 55.9 Å². The molecule has 0 saturated carbocycles. The summed E-state index contributed by atoms with van der Waals surface area (Å²) in [4.78, 5) is 11.3. The number of hydrogen-bond donors (Lipinski definition) is 1. The minimum absolute atomic E-state index is 0. The summed E-state index contributed by atoms with van der Waals surface area (Å²) >= 11 is 0. The number of halogens is 3. The number of fused-ring (bicyclic) bond motifs is 3. The van der Waals surface area contributed by atoms with Crippen LogP contribution in [0, 0.1) is 6.07 Å². The van der Waals surface area contributed by atoms with Crippen LogP contribution in [0.5, 0.6) is 5.75 Å². The van der Waals surface area contributed by atoms with Gasteiger partial charge in [-0.25, -0.2) is 4.98 Å². The number of aromatic hydroxyl groups is 1. The van der Waals surface area contributed by atoms with Gasteiger partial charge in [0.05, 0.1) is 5.56 Å². The van der Waals surface area contributed by atoms with E-state index in [0.717, 1.165) is 46.0 Å². The van der Waals surface area contributed by atoms with Crippen molar-refractivity contribution in [3.8, 4) is 17.0 Å². The van der Waals surface area contributed by atoms with Gasteiger partial charge in [0.25, 0.3) is 0 Å². The second-order valence-corrected chi connectivity index (χ2v) is 10.9. The second-order valence-electron chi connectivity index (χ2n) is 10.9. The van der Waals surface area contributed by atoms with E-state index in [1.807, 2.05) is 36.5 Å². The molecule has 4 nitrogen and oxygen atoms in total. The van der Waals surface area contributed by atoms with E-state index >= 15 is 0 Å². The molecule has 3 heterocycles. The van der Waals surface area contributed by atoms with Gasteiger partial charge in [0.2, 0.25) is 0 Å². The van der Waals surface area contributed by atoms with Crippen LogP contribution in [0.4, 0.5) is 30.4 Å². The molecule has 1 aliphatic rings. The quantitative estimate of drug-likeness (QED) is 0.188. The average molecular weight is 734 g/mol. The number of nitrogens with zero attached hydrogens (tertiary/aromatic N) is 3. The Labute approximate surface area is 251 Å². The third-order valence-electron chi connectivity index (χ3n) is 7.72. The van der Waals surface area contributed by atoms with E-state index in [9.17, 15) is 18.3 Å². The van der Waals surface area contributed by atoms with E-state index in [0.29, 0.717) is 17.2 Å². The third kappa shape index (κ3) is 4.80. The van der Waals surface area contributed by atoms with E-state index in [1.54, 1.807) is 6.07 Å². The van der Waals surface area contributed by atoms with Gasteiger partial charge in [-0.15, -0.1) is 23.8 Å². The van der Waals surface area contributed by atoms with Crippen molar-refractivity contribution in [3.05, 3.63) is 107 Å². The molecule has 8 heteroatoms. The fourth-order valence-corrected chi connectivity index (χ4v) is 5.53. The first-order chi connectivity index (χ1) is 19.0. The minimum Gasteiger partial charge on any atom is -0.506 e. The average Bonchev–Trinajstić information content (AvgIpc) is 2.92. The summed E-state index contributed by atoms with van der Waals surface area (Å²) < 4.78 is 40.8. The van der Waals surface area contributed by atoms with E-state index < -0.39 is 11.7 Å². The molecule has 1 aliphatic heterocycles. The number of benzene rings is 3. The van der Waals surface area contributed by atoms with Crippen molar-refractivity contribution in [2.24, 2.45) is 0 Å². The summed E-state index contributed by atoms with van der Waals surface area (Å²) in [5, 5.41) is 10.3. The zero-order valence-corrected chi connectivity index (χ0v) is 25.1. The molecule has 0 bridgehead atoms. The topological polar surface area (TPSA) is 49.2 Å². The Balaban J connectivity index is 0.00000337. The van der Waals surface area contributed by atoms with Crippen molar-refractivity contribution in [1.29, 1.82) is 0 Å². The summed E-state index contributed by atoms with van der Waals surface area (Å²) in [7, 11) is 0. The molecule has 41 heavy (non-hydrogen) atoms. The molecule has 0 radical (unpaired) electrons. The van der Waals surface area contributed by atoms with E-state index in [-0.39, 0.29) is 43.1 Å². The van der Waals surface area contributed by atoms with Crippen LogP contribution in [0.3, 0.4) is 0 Å². The number of hydrogen-bond acceptors (Lipinski definition) is 4. The van der Waals surface area contributed by atoms with Crippen LogP contribution in [-0.2, 0) is 32.7 Å². The summed E-state index contributed by atoms with van der Waals surface area (Å²) in [5.41, 5.74) is 4.83. The predicted molar refractivity (Wildman–Crippen MR) is 151 cm³/mol. The van der Waals surface area contributed by atoms with Crippen molar-refractivity contribution in [2.45, 2.75) is 45.2 Å². The smallest absolute Gasteiger partial charge is 0.417 e. The molecule has 0 aliphatic carbocycles. The second kappa shape index (κ2) is 10.3. The fraction of sp³-hybridized carbons (Fsp3) is 0.212. The number of alkyl halides is 3. The van der Waals surface area contributed by atoms with Gasteiger partial charge in [-0.3, -0.25) is 4.98 Å². The molecule has 0 fully saturated rings. The number of phenols is 1. The molecule has 3 aromatic carbocycles. The van der Waals surface area contributed by atoms with Crippen LogP contribution in [0.15, 0.2) is 79.0 Å². The van der Waals surface area contributed by atoms with Gasteiger partial charge in [0.1, 0.15) is 17.1 Å². The molecule has 0 spiro atoms. The number of phenolic OH excluding ortho intramolecular Hbond substituents is 1. The van der Waals surface area contributed by atoms with Crippen molar-refractivity contribution >= 4 is 28.1 Å². The SMILES string of the molecule is CC(C)c1ccnc(N2c3[c-]c(-c4ccc5c(C(F)(F)F)ccc(O)c5n4)ccc3C(C)(C)c3ccccc32)c1.[Pt]. The number of aromatic nitrogens is 2. The minimum atomic E-state index is -4.57. The summed E-state index contributed by atoms with van der Waals surface area (Å²) in [5.74, 6) is 0.751. The first kappa shape index (κ1) is 28.8. The van der Waals surface area contributed by atoms with Crippen molar-refractivity contribution in [3.63, 3.8) is 0 Å². The molecule has 212 valence electrons. The molecule has 5 aromatic rings. The van der Waals surface area contributed by atoms with Crippen LogP contribution >= 0.6 is 0 Å². The number of pyridine rings is 2. The first-order valence-electron chi connectivity index (χ1n) is 13.1. The maximum atomic E-state index is 13.6. The largest absolute Gasteiger partial charge is 0.506 e. The molecule has 0 saturated heterocycles. The van der Waals surface area contributed by atoms with E-state index in [4.69, 9.17) is 4.98 Å². The molecule has 1 N–H and O–H groups in total. The van der Waals surface area contributed by atoms with Crippen molar-refractivity contribution < 1.29 is 39.3 Å². The maximum Gasteiger partial charge on any atom is 0.417 e. The van der Waals surface area contributed by atoms with Gasteiger partial charge in [-0.2, -0.15) is 13.2 Å². The normalized spacial score (nSPS) is 14.0. The molecule has 0 amide bonds. The molecular weight excluding hydrogens is 706 g/mol. The Morgan fingerprint density at radius 1 is 0.927 bits per heavy atom. The molecular formula is C33H27F3N3OPt-. The first-order valence-corrected chi connectivity index (χ1v) is 13.1. The predicted octanol–water partition coefficient (Wildman–Crippen LogP) is 9.05. The maximum absolute atomic E-state index is 13.6. The Kier molecular flexibility index (Phi) is 7.23. The van der Waals surface area contributed by atoms with Gasteiger partial charge in [0, 0.05) is 38.3 Å². The molecule has 2 aromatic heterocycles. The summed E-state index contributed by atoms with van der Waals surface area (Å²) in [6.45, 7) is 8.60. The number of anilines is 3. The number of rotatable bonds is 3. The van der Waals surface area contributed by atoms with Gasteiger partial charge >= 0.3 is 6.18 Å². The summed E-state index contributed by atoms with van der Waals surface area (Å²) in [6.07, 6.45) is -2.76. The van der Waals surface area contributed by atoms with Gasteiger partial charge in [-0.05, 0) is 64.2 Å². The van der Waals surface area contributed by atoms with Crippen LogP contribution in [-0.4, -0.2) is 15.1 Å². The van der Waals surface area contributed by atoms with Crippen LogP contribution in [0.2, 0.25) is 0 Å². The molecule has 6 rings (SSSR count). The van der Waals surface area contributed by atoms with Gasteiger partial charge in [-0.1, -0.05) is 63.6 Å². The van der Waals surface area contributed by atoms with E-state index in [1.165, 1.54) is 6.07 Å². The Hall–Kier alpha value is -3.70. The summed E-state index contributed by atoms with van der Waals surface area (Å²) in [6, 6.07) is 24.5. The van der Waals surface area contributed by atoms with Gasteiger partial charge in [0.15, 0.2) is 0 Å². The Morgan fingerprint density at radius 2 is 1.68 bits per heavy atom. The van der Waals surface area contributed by atoms with Crippen molar-refractivity contribution in [1.82, 2.24) is 9.97 Å². The third-order valence-corrected chi connectivity index (χ3v) is 7.72. The van der Waals surface area contributed by atoms with E-state index in [2.05, 4.69) is 61.8 Å².